The van der Waals surface area contributed by atoms with Gasteiger partial charge in [-0.3, -0.25) is 9.78 Å². The molecule has 0 bridgehead atoms. The van der Waals surface area contributed by atoms with Crippen LogP contribution >= 0.6 is 0 Å². The first-order valence-corrected chi connectivity index (χ1v) is 12.0. The largest absolute Gasteiger partial charge is 0.453 e. The van der Waals surface area contributed by atoms with Crippen molar-refractivity contribution < 1.29 is 18.7 Å². The lowest BCUT2D eigenvalue weighted by molar-refractivity contribution is 0.0757. The van der Waals surface area contributed by atoms with E-state index < -0.39 is 0 Å². The highest BCUT2D eigenvalue weighted by molar-refractivity contribution is 5.94. The lowest BCUT2D eigenvalue weighted by Gasteiger charge is -2.21. The third-order valence-electron chi connectivity index (χ3n) is 6.25. The molecule has 5 rings (SSSR count). The summed E-state index contributed by atoms with van der Waals surface area (Å²) in [6, 6.07) is 16.8. The predicted octanol–water partition coefficient (Wildman–Crippen LogP) is 4.08. The molecule has 1 aliphatic rings. The second kappa shape index (κ2) is 10.6. The molecule has 2 aromatic carbocycles. The Morgan fingerprint density at radius 1 is 0.865 bits per heavy atom. The SMILES string of the molecule is COC(=O)N1CCCN(C(=O)c2ccc(-c3cnc(C)c(-c4nnc(-c5ccccc5)o4)n3)cc2)CC1. The molecule has 1 aliphatic heterocycles. The average Bonchev–Trinajstić information content (AvgIpc) is 3.31. The summed E-state index contributed by atoms with van der Waals surface area (Å²) in [5.41, 5.74) is 4.00. The lowest BCUT2D eigenvalue weighted by Crippen LogP contribution is -2.37. The van der Waals surface area contributed by atoms with Crippen LogP contribution in [0.25, 0.3) is 34.3 Å². The zero-order valence-electron chi connectivity index (χ0n) is 20.6. The molecule has 1 fully saturated rings. The van der Waals surface area contributed by atoms with E-state index in [1.54, 1.807) is 28.1 Å². The van der Waals surface area contributed by atoms with Crippen LogP contribution < -0.4 is 0 Å². The van der Waals surface area contributed by atoms with Crippen LogP contribution in [0.4, 0.5) is 4.79 Å². The maximum Gasteiger partial charge on any atom is 0.409 e. The third-order valence-corrected chi connectivity index (χ3v) is 6.25. The number of hydrogen-bond donors (Lipinski definition) is 0. The number of ether oxygens (including phenoxy) is 1. The van der Waals surface area contributed by atoms with Crippen molar-refractivity contribution in [3.05, 3.63) is 72.1 Å². The summed E-state index contributed by atoms with van der Waals surface area (Å²) in [7, 11) is 1.36. The number of amides is 2. The van der Waals surface area contributed by atoms with Crippen molar-refractivity contribution in [1.82, 2.24) is 30.0 Å². The van der Waals surface area contributed by atoms with Gasteiger partial charge in [0.25, 0.3) is 11.8 Å². The first kappa shape index (κ1) is 24.1. The number of rotatable bonds is 4. The second-order valence-electron chi connectivity index (χ2n) is 8.65. The summed E-state index contributed by atoms with van der Waals surface area (Å²) in [6.45, 7) is 3.88. The smallest absolute Gasteiger partial charge is 0.409 e. The molecule has 188 valence electrons. The molecule has 10 heteroatoms. The van der Waals surface area contributed by atoms with E-state index in [2.05, 4.69) is 15.2 Å². The minimum atomic E-state index is -0.367. The summed E-state index contributed by atoms with van der Waals surface area (Å²) >= 11 is 0. The Bertz CT molecular complexity index is 1400. The van der Waals surface area contributed by atoms with Gasteiger partial charge < -0.3 is 19.0 Å². The second-order valence-corrected chi connectivity index (χ2v) is 8.65. The normalized spacial score (nSPS) is 13.8. The maximum absolute atomic E-state index is 13.1. The van der Waals surface area contributed by atoms with Gasteiger partial charge in [0.05, 0.1) is 24.7 Å². The van der Waals surface area contributed by atoms with E-state index in [1.165, 1.54) is 7.11 Å². The topological polar surface area (TPSA) is 115 Å². The minimum Gasteiger partial charge on any atom is -0.453 e. The van der Waals surface area contributed by atoms with Crippen LogP contribution in [0.2, 0.25) is 0 Å². The predicted molar refractivity (Wildman–Crippen MR) is 135 cm³/mol. The van der Waals surface area contributed by atoms with Crippen molar-refractivity contribution in [2.75, 3.05) is 33.3 Å². The number of hydrogen-bond acceptors (Lipinski definition) is 8. The van der Waals surface area contributed by atoms with E-state index in [4.69, 9.17) is 14.1 Å². The number of benzene rings is 2. The average molecular weight is 499 g/mol. The molecule has 37 heavy (non-hydrogen) atoms. The van der Waals surface area contributed by atoms with Crippen molar-refractivity contribution in [1.29, 1.82) is 0 Å². The van der Waals surface area contributed by atoms with Crippen LogP contribution in [0.15, 0.2) is 65.2 Å². The molecule has 0 saturated carbocycles. The first-order valence-electron chi connectivity index (χ1n) is 12.0. The standard InChI is InChI=1S/C27H26N6O4/c1-18-23(25-31-30-24(37-25)20-7-4-3-5-8-20)29-22(17-28-18)19-9-11-21(12-10-19)26(34)32-13-6-14-33(16-15-32)27(35)36-2/h3-5,7-12,17H,6,13-16H2,1-2H3. The molecular formula is C27H26N6O4. The summed E-state index contributed by atoms with van der Waals surface area (Å²) in [5, 5.41) is 8.33. The number of methoxy groups -OCH3 is 1. The van der Waals surface area contributed by atoms with Crippen molar-refractivity contribution in [3.8, 4) is 34.3 Å². The Hall–Kier alpha value is -4.60. The molecule has 2 aromatic heterocycles. The Morgan fingerprint density at radius 2 is 1.57 bits per heavy atom. The molecule has 10 nitrogen and oxygen atoms in total. The molecule has 0 unspecified atom stereocenters. The van der Waals surface area contributed by atoms with Gasteiger partial charge in [0.15, 0.2) is 0 Å². The third kappa shape index (κ3) is 5.18. The highest BCUT2D eigenvalue weighted by atomic mass is 16.5. The molecule has 1 saturated heterocycles. The van der Waals surface area contributed by atoms with Gasteiger partial charge in [-0.1, -0.05) is 30.3 Å². The Balaban J connectivity index is 1.33. The molecule has 0 N–H and O–H groups in total. The van der Waals surface area contributed by atoms with E-state index >= 15 is 0 Å². The fourth-order valence-corrected chi connectivity index (χ4v) is 4.21. The molecular weight excluding hydrogens is 472 g/mol. The minimum absolute atomic E-state index is 0.0757. The Labute approximate surface area is 213 Å². The maximum atomic E-state index is 13.1. The number of aromatic nitrogens is 4. The van der Waals surface area contributed by atoms with Crippen molar-refractivity contribution in [3.63, 3.8) is 0 Å². The lowest BCUT2D eigenvalue weighted by atomic mass is 10.1. The van der Waals surface area contributed by atoms with Crippen LogP contribution in [0.5, 0.6) is 0 Å². The molecule has 3 heterocycles. The highest BCUT2D eigenvalue weighted by Gasteiger charge is 2.23. The number of aryl methyl sites for hydroxylation is 1. The molecule has 0 radical (unpaired) electrons. The monoisotopic (exact) mass is 498 g/mol. The Morgan fingerprint density at radius 3 is 2.32 bits per heavy atom. The molecule has 4 aromatic rings. The molecule has 0 aliphatic carbocycles. The molecule has 0 spiro atoms. The van der Waals surface area contributed by atoms with Crippen LogP contribution in [0, 0.1) is 6.92 Å². The van der Waals surface area contributed by atoms with E-state index in [0.717, 1.165) is 11.1 Å². The van der Waals surface area contributed by atoms with Crippen molar-refractivity contribution >= 4 is 12.0 Å². The fourth-order valence-electron chi connectivity index (χ4n) is 4.21. The van der Waals surface area contributed by atoms with Crippen molar-refractivity contribution in [2.45, 2.75) is 13.3 Å². The van der Waals surface area contributed by atoms with E-state index in [9.17, 15) is 9.59 Å². The zero-order valence-corrected chi connectivity index (χ0v) is 20.6. The fraction of sp³-hybridized carbons (Fsp3) is 0.259. The number of carbonyl (C=O) groups excluding carboxylic acids is 2. The number of carbonyl (C=O) groups is 2. The Kier molecular flexibility index (Phi) is 6.89. The number of nitrogens with zero attached hydrogens (tertiary/aromatic N) is 6. The van der Waals surface area contributed by atoms with Crippen LogP contribution in [-0.4, -0.2) is 75.3 Å². The summed E-state index contributed by atoms with van der Waals surface area (Å²) in [6.07, 6.45) is 2.01. The van der Waals surface area contributed by atoms with Gasteiger partial charge in [-0.25, -0.2) is 9.78 Å². The van der Waals surface area contributed by atoms with Crippen molar-refractivity contribution in [2.24, 2.45) is 0 Å². The van der Waals surface area contributed by atoms with Gasteiger partial charge in [0.1, 0.15) is 5.69 Å². The van der Waals surface area contributed by atoms with Gasteiger partial charge in [-0.2, -0.15) is 0 Å². The quantitative estimate of drug-likeness (QED) is 0.413. The van der Waals surface area contributed by atoms with Gasteiger partial charge in [-0.05, 0) is 37.6 Å². The summed E-state index contributed by atoms with van der Waals surface area (Å²) in [4.78, 5) is 37.5. The summed E-state index contributed by atoms with van der Waals surface area (Å²) in [5.74, 6) is 0.626. The summed E-state index contributed by atoms with van der Waals surface area (Å²) < 4.78 is 10.7. The van der Waals surface area contributed by atoms with E-state index in [1.807, 2.05) is 49.4 Å². The molecule has 2 amide bonds. The zero-order chi connectivity index (χ0) is 25.8. The van der Waals surface area contributed by atoms with Gasteiger partial charge in [-0.15, -0.1) is 10.2 Å². The highest BCUT2D eigenvalue weighted by Crippen LogP contribution is 2.27. The van der Waals surface area contributed by atoms with E-state index in [-0.39, 0.29) is 12.0 Å². The van der Waals surface area contributed by atoms with E-state index in [0.29, 0.717) is 67.0 Å². The van der Waals surface area contributed by atoms with Gasteiger partial charge >= 0.3 is 6.09 Å². The molecule has 0 atom stereocenters. The van der Waals surface area contributed by atoms with Gasteiger partial charge in [0, 0.05) is 42.9 Å². The first-order chi connectivity index (χ1) is 18.0. The van der Waals surface area contributed by atoms with Crippen LogP contribution in [0.3, 0.4) is 0 Å². The van der Waals surface area contributed by atoms with Gasteiger partial charge in [0.2, 0.25) is 5.89 Å². The van der Waals surface area contributed by atoms with Crippen LogP contribution in [0.1, 0.15) is 22.5 Å². The van der Waals surface area contributed by atoms with Crippen LogP contribution in [-0.2, 0) is 4.74 Å².